The molecule has 0 saturated carbocycles. The first kappa shape index (κ1) is 17.1. The lowest BCUT2D eigenvalue weighted by Gasteiger charge is -2.19. The van der Waals surface area contributed by atoms with E-state index in [1.165, 1.54) is 12.5 Å². The third-order valence-corrected chi connectivity index (χ3v) is 3.88. The maximum atomic E-state index is 12.5. The van der Waals surface area contributed by atoms with Crippen LogP contribution in [-0.4, -0.2) is 27.9 Å². The molecule has 0 spiro atoms. The van der Waals surface area contributed by atoms with Gasteiger partial charge in [0.15, 0.2) is 0 Å². The molecular weight excluding hydrogens is 361 g/mol. The second-order valence-electron chi connectivity index (χ2n) is 5.17. The summed E-state index contributed by atoms with van der Waals surface area (Å²) in [4.78, 5) is 26.4. The average molecular weight is 374 g/mol. The molecule has 2 aromatic heterocycles. The lowest BCUT2D eigenvalue weighted by molar-refractivity contribution is 0.102. The first-order valence-corrected chi connectivity index (χ1v) is 8.01. The second-order valence-corrected chi connectivity index (χ2v) is 6.04. The Bertz CT molecular complexity index is 905. The van der Waals surface area contributed by atoms with E-state index in [2.05, 4.69) is 20.3 Å². The lowest BCUT2D eigenvalue weighted by Crippen LogP contribution is -2.15. The quantitative estimate of drug-likeness (QED) is 0.741. The minimum Gasteiger partial charge on any atom is -0.342 e. The van der Waals surface area contributed by atoms with Crippen molar-refractivity contribution in [3.8, 4) is 0 Å². The molecule has 6 nitrogen and oxygen atoms in total. The van der Waals surface area contributed by atoms with Gasteiger partial charge in [0.05, 0.1) is 18.1 Å². The predicted octanol–water partition coefficient (Wildman–Crippen LogP) is 4.20. The van der Waals surface area contributed by atoms with Crippen molar-refractivity contribution in [2.45, 2.75) is 0 Å². The fourth-order valence-electron chi connectivity index (χ4n) is 2.17. The number of anilines is 3. The first-order chi connectivity index (χ1) is 12.0. The standard InChI is InChI=1S/C17H13Cl2N5O/c1-24(15-8-20-10-21-9-15)14-5-11(4-13(19)6-14)17(25)23-16-7-12(18)2-3-22-16/h2-10H,1H3,(H,22,23,25). The van der Waals surface area contributed by atoms with Crippen LogP contribution in [-0.2, 0) is 0 Å². The molecule has 1 aromatic carbocycles. The normalized spacial score (nSPS) is 10.4. The molecule has 25 heavy (non-hydrogen) atoms. The number of benzene rings is 1. The fourth-order valence-corrected chi connectivity index (χ4v) is 2.56. The zero-order valence-corrected chi connectivity index (χ0v) is 14.7. The third kappa shape index (κ3) is 4.23. The van der Waals surface area contributed by atoms with E-state index in [4.69, 9.17) is 23.2 Å². The summed E-state index contributed by atoms with van der Waals surface area (Å²) in [6.07, 6.45) is 6.31. The third-order valence-electron chi connectivity index (χ3n) is 3.43. The molecule has 0 atom stereocenters. The smallest absolute Gasteiger partial charge is 0.256 e. The Morgan fingerprint density at radius 2 is 1.80 bits per heavy atom. The molecule has 3 rings (SSSR count). The Labute approximate surface area is 154 Å². The van der Waals surface area contributed by atoms with E-state index >= 15 is 0 Å². The van der Waals surface area contributed by atoms with Crippen LogP contribution in [0.3, 0.4) is 0 Å². The number of pyridine rings is 1. The Morgan fingerprint density at radius 1 is 1.04 bits per heavy atom. The number of carbonyl (C=O) groups excluding carboxylic acids is 1. The summed E-state index contributed by atoms with van der Waals surface area (Å²) < 4.78 is 0. The van der Waals surface area contributed by atoms with Gasteiger partial charge in [-0.2, -0.15) is 0 Å². The summed E-state index contributed by atoms with van der Waals surface area (Å²) in [6.45, 7) is 0. The molecule has 0 aliphatic carbocycles. The van der Waals surface area contributed by atoms with E-state index < -0.39 is 0 Å². The number of amides is 1. The van der Waals surface area contributed by atoms with Gasteiger partial charge in [-0.15, -0.1) is 0 Å². The van der Waals surface area contributed by atoms with Gasteiger partial charge in [-0.05, 0) is 30.3 Å². The summed E-state index contributed by atoms with van der Waals surface area (Å²) in [5, 5.41) is 3.62. The number of hydrogen-bond donors (Lipinski definition) is 1. The molecule has 0 unspecified atom stereocenters. The van der Waals surface area contributed by atoms with Crippen molar-refractivity contribution >= 4 is 46.3 Å². The SMILES string of the molecule is CN(c1cncnc1)c1cc(Cl)cc(C(=O)Nc2cc(Cl)ccn2)c1. The Balaban J connectivity index is 1.87. The van der Waals surface area contributed by atoms with Crippen LogP contribution in [0.2, 0.25) is 10.0 Å². The predicted molar refractivity (Wildman–Crippen MR) is 98.7 cm³/mol. The van der Waals surface area contributed by atoms with Crippen LogP contribution < -0.4 is 10.2 Å². The van der Waals surface area contributed by atoms with Gasteiger partial charge in [-0.1, -0.05) is 23.2 Å². The topological polar surface area (TPSA) is 71.0 Å². The Hall–Kier alpha value is -2.70. The van der Waals surface area contributed by atoms with Crippen molar-refractivity contribution in [3.05, 3.63) is 70.9 Å². The number of halogens is 2. The highest BCUT2D eigenvalue weighted by atomic mass is 35.5. The van der Waals surface area contributed by atoms with Gasteiger partial charge >= 0.3 is 0 Å². The number of hydrogen-bond acceptors (Lipinski definition) is 5. The largest absolute Gasteiger partial charge is 0.342 e. The molecule has 0 fully saturated rings. The fraction of sp³-hybridized carbons (Fsp3) is 0.0588. The highest BCUT2D eigenvalue weighted by Gasteiger charge is 2.13. The van der Waals surface area contributed by atoms with E-state index in [0.717, 1.165) is 11.4 Å². The van der Waals surface area contributed by atoms with Crippen molar-refractivity contribution in [2.24, 2.45) is 0 Å². The second kappa shape index (κ2) is 7.46. The number of aromatic nitrogens is 3. The molecule has 0 bridgehead atoms. The van der Waals surface area contributed by atoms with E-state index in [9.17, 15) is 4.79 Å². The van der Waals surface area contributed by atoms with Crippen molar-refractivity contribution in [1.29, 1.82) is 0 Å². The molecular formula is C17H13Cl2N5O. The summed E-state index contributed by atoms with van der Waals surface area (Å²) >= 11 is 12.1. The number of rotatable bonds is 4. The van der Waals surface area contributed by atoms with Crippen molar-refractivity contribution in [1.82, 2.24) is 15.0 Å². The molecule has 3 aromatic rings. The monoisotopic (exact) mass is 373 g/mol. The van der Waals surface area contributed by atoms with Gasteiger partial charge in [0.1, 0.15) is 12.1 Å². The van der Waals surface area contributed by atoms with Crippen molar-refractivity contribution < 1.29 is 4.79 Å². The summed E-state index contributed by atoms with van der Waals surface area (Å²) in [5.41, 5.74) is 1.90. The molecule has 0 radical (unpaired) electrons. The van der Waals surface area contributed by atoms with Crippen LogP contribution in [0.25, 0.3) is 0 Å². The average Bonchev–Trinajstić information content (AvgIpc) is 2.61. The molecule has 0 aliphatic rings. The minimum absolute atomic E-state index is 0.337. The van der Waals surface area contributed by atoms with Crippen LogP contribution in [0, 0.1) is 0 Å². The number of carbonyl (C=O) groups is 1. The van der Waals surface area contributed by atoms with Crippen LogP contribution in [0.15, 0.2) is 55.2 Å². The van der Waals surface area contributed by atoms with Gasteiger partial charge in [0, 0.05) is 34.5 Å². The van der Waals surface area contributed by atoms with Crippen LogP contribution in [0.1, 0.15) is 10.4 Å². The number of nitrogens with zero attached hydrogens (tertiary/aromatic N) is 4. The number of nitrogens with one attached hydrogen (secondary N) is 1. The van der Waals surface area contributed by atoms with E-state index in [1.807, 2.05) is 11.9 Å². The summed E-state index contributed by atoms with van der Waals surface area (Å²) in [7, 11) is 1.84. The van der Waals surface area contributed by atoms with Gasteiger partial charge in [-0.25, -0.2) is 15.0 Å². The summed E-state index contributed by atoms with van der Waals surface area (Å²) in [6, 6.07) is 8.26. The van der Waals surface area contributed by atoms with Crippen LogP contribution in [0.5, 0.6) is 0 Å². The molecule has 2 heterocycles. The zero-order valence-electron chi connectivity index (χ0n) is 13.1. The first-order valence-electron chi connectivity index (χ1n) is 7.25. The van der Waals surface area contributed by atoms with Crippen LogP contribution >= 0.6 is 23.2 Å². The van der Waals surface area contributed by atoms with E-state index in [-0.39, 0.29) is 5.91 Å². The molecule has 1 amide bonds. The van der Waals surface area contributed by atoms with Crippen LogP contribution in [0.4, 0.5) is 17.2 Å². The highest BCUT2D eigenvalue weighted by Crippen LogP contribution is 2.27. The highest BCUT2D eigenvalue weighted by molar-refractivity contribution is 6.31. The Kier molecular flexibility index (Phi) is 5.11. The molecule has 8 heteroatoms. The maximum absolute atomic E-state index is 12.5. The van der Waals surface area contributed by atoms with Crippen molar-refractivity contribution in [3.63, 3.8) is 0 Å². The lowest BCUT2D eigenvalue weighted by atomic mass is 10.1. The zero-order chi connectivity index (χ0) is 17.8. The Morgan fingerprint density at radius 3 is 2.52 bits per heavy atom. The van der Waals surface area contributed by atoms with Gasteiger partial charge in [0.2, 0.25) is 0 Å². The molecule has 126 valence electrons. The molecule has 0 saturated heterocycles. The molecule has 1 N–H and O–H groups in total. The van der Waals surface area contributed by atoms with Gasteiger partial charge < -0.3 is 10.2 Å². The summed E-state index contributed by atoms with van der Waals surface area (Å²) in [5.74, 6) is 0.0278. The van der Waals surface area contributed by atoms with Gasteiger partial charge in [-0.3, -0.25) is 4.79 Å². The van der Waals surface area contributed by atoms with Crippen molar-refractivity contribution in [2.75, 3.05) is 17.3 Å². The van der Waals surface area contributed by atoms with E-state index in [0.29, 0.717) is 21.4 Å². The van der Waals surface area contributed by atoms with E-state index in [1.54, 1.807) is 42.7 Å². The minimum atomic E-state index is -0.337. The van der Waals surface area contributed by atoms with Gasteiger partial charge in [0.25, 0.3) is 5.91 Å². The maximum Gasteiger partial charge on any atom is 0.256 e. The molecule has 0 aliphatic heterocycles.